The van der Waals surface area contributed by atoms with Crippen LogP contribution in [0.3, 0.4) is 0 Å². The molecular weight excluding hydrogens is 444 g/mol. The number of hydrogen-bond donors (Lipinski definition) is 2. The van der Waals surface area contributed by atoms with E-state index in [9.17, 15) is 40.7 Å². The summed E-state index contributed by atoms with van der Waals surface area (Å²) < 4.78 is 79.5. The van der Waals surface area contributed by atoms with Crippen LogP contribution in [0, 0.1) is 5.92 Å². The third-order valence-electron chi connectivity index (χ3n) is 6.45. The van der Waals surface area contributed by atoms with Gasteiger partial charge in [-0.15, -0.1) is 0 Å². The molecule has 12 heteroatoms. The number of hydrogen-bond acceptors (Lipinski definition) is 3. The molecule has 3 aliphatic rings. The first kappa shape index (κ1) is 22.4. The number of carbonyl (C=O) groups is 3. The summed E-state index contributed by atoms with van der Waals surface area (Å²) in [6.07, 6.45) is -9.20. The number of alkyl halides is 6. The first-order chi connectivity index (χ1) is 14.7. The van der Waals surface area contributed by atoms with E-state index < -0.39 is 52.9 Å². The van der Waals surface area contributed by atoms with Crippen LogP contribution in [0.15, 0.2) is 12.1 Å². The topological polar surface area (TPSA) is 78.5 Å². The molecule has 2 atom stereocenters. The lowest BCUT2D eigenvalue weighted by atomic mass is 9.87. The van der Waals surface area contributed by atoms with Crippen molar-refractivity contribution in [3.8, 4) is 0 Å². The van der Waals surface area contributed by atoms with Gasteiger partial charge in [0.15, 0.2) is 0 Å². The van der Waals surface area contributed by atoms with Crippen LogP contribution < -0.4 is 10.6 Å². The van der Waals surface area contributed by atoms with E-state index in [-0.39, 0.29) is 36.4 Å². The highest BCUT2D eigenvalue weighted by molar-refractivity contribution is 6.07. The number of urea groups is 1. The van der Waals surface area contributed by atoms with Gasteiger partial charge in [0, 0.05) is 13.0 Å². The van der Waals surface area contributed by atoms with Gasteiger partial charge in [0.05, 0.1) is 17.2 Å². The van der Waals surface area contributed by atoms with Crippen LogP contribution in [0.4, 0.5) is 31.1 Å². The molecule has 2 heterocycles. The van der Waals surface area contributed by atoms with Crippen LogP contribution in [-0.4, -0.2) is 28.3 Å². The van der Waals surface area contributed by atoms with Gasteiger partial charge in [-0.25, -0.2) is 4.79 Å². The Morgan fingerprint density at radius 3 is 2.19 bits per heavy atom. The minimum Gasteiger partial charge on any atom is -0.332 e. The fourth-order valence-corrected chi connectivity index (χ4v) is 4.65. The lowest BCUT2D eigenvalue weighted by Gasteiger charge is -2.28. The summed E-state index contributed by atoms with van der Waals surface area (Å²) >= 11 is 0. The predicted molar refractivity (Wildman–Crippen MR) is 96.8 cm³/mol. The van der Waals surface area contributed by atoms with Gasteiger partial charge in [0.25, 0.3) is 5.91 Å². The van der Waals surface area contributed by atoms with Gasteiger partial charge in [-0.3, -0.25) is 14.9 Å². The zero-order valence-corrected chi connectivity index (χ0v) is 16.8. The molecule has 0 radical (unpaired) electrons. The van der Waals surface area contributed by atoms with Crippen molar-refractivity contribution >= 4 is 17.8 Å². The largest absolute Gasteiger partial charge is 0.417 e. The van der Waals surface area contributed by atoms with Crippen LogP contribution in [-0.2, 0) is 28.5 Å². The molecule has 1 aromatic rings. The second kappa shape index (κ2) is 7.11. The highest BCUT2D eigenvalue weighted by atomic mass is 19.4. The van der Waals surface area contributed by atoms with E-state index in [0.29, 0.717) is 25.0 Å². The van der Waals surface area contributed by atoms with Crippen LogP contribution in [0.5, 0.6) is 0 Å². The van der Waals surface area contributed by atoms with E-state index in [1.54, 1.807) is 0 Å². The lowest BCUT2D eigenvalue weighted by Crippen LogP contribution is -2.49. The van der Waals surface area contributed by atoms with Crippen molar-refractivity contribution in [2.45, 2.75) is 63.1 Å². The second-order valence-electron chi connectivity index (χ2n) is 8.44. The Kier molecular flexibility index (Phi) is 4.98. The summed E-state index contributed by atoms with van der Waals surface area (Å²) in [4.78, 5) is 38.0. The summed E-state index contributed by atoms with van der Waals surface area (Å²) in [5.74, 6) is -1.16. The number of amides is 4. The van der Waals surface area contributed by atoms with E-state index in [2.05, 4.69) is 10.6 Å². The van der Waals surface area contributed by atoms with Gasteiger partial charge in [0.2, 0.25) is 5.91 Å². The molecule has 6 nitrogen and oxygen atoms in total. The van der Waals surface area contributed by atoms with Crippen molar-refractivity contribution < 1.29 is 40.7 Å². The maximum Gasteiger partial charge on any atom is 0.417 e. The van der Waals surface area contributed by atoms with E-state index in [4.69, 9.17) is 0 Å². The molecule has 0 aromatic heterocycles. The number of nitrogens with zero attached hydrogens (tertiary/aromatic N) is 1. The molecule has 32 heavy (non-hydrogen) atoms. The SMILES string of the molecule is CC1c2cc(C(F)(F)F)c(C(F)(F)F)cc2CN1C(=O)CC[C@@]1(C2CC2)NC(=O)NC1=O. The molecule has 1 aliphatic carbocycles. The summed E-state index contributed by atoms with van der Waals surface area (Å²) in [6, 6.07) is -0.606. The van der Waals surface area contributed by atoms with Crippen molar-refractivity contribution in [1.29, 1.82) is 0 Å². The number of nitrogens with one attached hydrogen (secondary N) is 2. The smallest absolute Gasteiger partial charge is 0.332 e. The highest BCUT2D eigenvalue weighted by Crippen LogP contribution is 2.46. The maximum atomic E-state index is 13.3. The molecule has 4 rings (SSSR count). The first-order valence-electron chi connectivity index (χ1n) is 9.98. The standard InChI is InChI=1S/C20H19F6N3O3/c1-9-12-7-14(20(24,25)26)13(19(21,22)23)6-10(12)8-29(9)15(30)4-5-18(11-2-3-11)16(31)27-17(32)28-18/h6-7,9,11H,2-5,8H2,1H3,(H2,27,28,31,32)/t9?,18-/m0/s1. The van der Waals surface area contributed by atoms with E-state index >= 15 is 0 Å². The molecule has 1 saturated heterocycles. The molecule has 2 N–H and O–H groups in total. The number of carbonyl (C=O) groups excluding carboxylic acids is 3. The minimum atomic E-state index is -5.21. The third-order valence-corrected chi connectivity index (χ3v) is 6.45. The Balaban J connectivity index is 1.56. The number of halogens is 6. The van der Waals surface area contributed by atoms with Crippen molar-refractivity contribution in [3.63, 3.8) is 0 Å². The zero-order chi connectivity index (χ0) is 23.6. The Bertz CT molecular complexity index is 1000. The van der Waals surface area contributed by atoms with Gasteiger partial charge >= 0.3 is 18.4 Å². The molecule has 2 fully saturated rings. The Morgan fingerprint density at radius 2 is 1.69 bits per heavy atom. The number of imide groups is 1. The normalized spacial score (nSPS) is 25.6. The number of fused-ring (bicyclic) bond motifs is 1. The quantitative estimate of drug-likeness (QED) is 0.525. The lowest BCUT2D eigenvalue weighted by molar-refractivity contribution is -0.162. The molecular formula is C20H19F6N3O3. The molecule has 4 amide bonds. The number of benzene rings is 1. The van der Waals surface area contributed by atoms with Crippen LogP contribution >= 0.6 is 0 Å². The molecule has 0 bridgehead atoms. The third kappa shape index (κ3) is 3.69. The maximum absolute atomic E-state index is 13.3. The van der Waals surface area contributed by atoms with Crippen molar-refractivity contribution in [3.05, 3.63) is 34.4 Å². The Morgan fingerprint density at radius 1 is 1.09 bits per heavy atom. The van der Waals surface area contributed by atoms with E-state index in [0.717, 1.165) is 0 Å². The summed E-state index contributed by atoms with van der Waals surface area (Å²) in [6.45, 7) is 1.17. The minimum absolute atomic E-state index is 0.00231. The average Bonchev–Trinajstić information content (AvgIpc) is 3.41. The zero-order valence-electron chi connectivity index (χ0n) is 16.8. The van der Waals surface area contributed by atoms with Gasteiger partial charge in [-0.05, 0) is 55.4 Å². The van der Waals surface area contributed by atoms with Gasteiger partial charge in [0.1, 0.15) is 5.54 Å². The first-order valence-corrected chi connectivity index (χ1v) is 9.98. The molecule has 174 valence electrons. The molecule has 0 spiro atoms. The molecule has 1 unspecified atom stereocenters. The van der Waals surface area contributed by atoms with Crippen LogP contribution in [0.25, 0.3) is 0 Å². The number of rotatable bonds is 4. The van der Waals surface area contributed by atoms with Crippen LogP contribution in [0.2, 0.25) is 0 Å². The van der Waals surface area contributed by atoms with Crippen molar-refractivity contribution in [2.24, 2.45) is 5.92 Å². The second-order valence-corrected chi connectivity index (χ2v) is 8.44. The highest BCUT2D eigenvalue weighted by Gasteiger charge is 2.56. The van der Waals surface area contributed by atoms with E-state index in [1.807, 2.05) is 0 Å². The average molecular weight is 463 g/mol. The fraction of sp³-hybridized carbons (Fsp3) is 0.550. The molecule has 1 aromatic carbocycles. The van der Waals surface area contributed by atoms with Gasteiger partial charge in [-0.2, -0.15) is 26.3 Å². The summed E-state index contributed by atoms with van der Waals surface area (Å²) in [7, 11) is 0. The molecule has 1 saturated carbocycles. The molecule has 2 aliphatic heterocycles. The Labute approximate surface area is 178 Å². The van der Waals surface area contributed by atoms with Crippen LogP contribution in [0.1, 0.15) is 60.9 Å². The van der Waals surface area contributed by atoms with Crippen molar-refractivity contribution in [2.75, 3.05) is 0 Å². The predicted octanol–water partition coefficient (Wildman–Crippen LogP) is 3.90. The Hall–Kier alpha value is -2.79. The summed E-state index contributed by atoms with van der Waals surface area (Å²) in [5.41, 5.74) is -4.79. The summed E-state index contributed by atoms with van der Waals surface area (Å²) in [5, 5.41) is 4.74. The van der Waals surface area contributed by atoms with Gasteiger partial charge in [-0.1, -0.05) is 0 Å². The van der Waals surface area contributed by atoms with E-state index in [1.165, 1.54) is 11.8 Å². The fourth-order valence-electron chi connectivity index (χ4n) is 4.65. The van der Waals surface area contributed by atoms with Crippen molar-refractivity contribution in [1.82, 2.24) is 15.5 Å². The monoisotopic (exact) mass is 463 g/mol. The van der Waals surface area contributed by atoms with Gasteiger partial charge < -0.3 is 10.2 Å².